The molecule has 0 radical (unpaired) electrons. The van der Waals surface area contributed by atoms with Gasteiger partial charge in [-0.3, -0.25) is 9.59 Å². The van der Waals surface area contributed by atoms with Crippen LogP contribution in [0.2, 0.25) is 0 Å². The summed E-state index contributed by atoms with van der Waals surface area (Å²) in [5, 5.41) is 2.82. The minimum absolute atomic E-state index is 0.209. The molecule has 0 aromatic heterocycles. The summed E-state index contributed by atoms with van der Waals surface area (Å²) >= 11 is 1.46. The molecule has 1 aliphatic carbocycles. The molecular weight excluding hydrogens is 358 g/mol. The van der Waals surface area contributed by atoms with Crippen molar-refractivity contribution in [3.63, 3.8) is 0 Å². The van der Waals surface area contributed by atoms with Crippen molar-refractivity contribution in [1.82, 2.24) is 5.32 Å². The summed E-state index contributed by atoms with van der Waals surface area (Å²) in [4.78, 5) is 25.2. The zero-order chi connectivity index (χ0) is 19.1. The van der Waals surface area contributed by atoms with Crippen molar-refractivity contribution < 1.29 is 14.3 Å². The van der Waals surface area contributed by atoms with Crippen LogP contribution >= 0.6 is 11.8 Å². The van der Waals surface area contributed by atoms with Crippen molar-refractivity contribution in [3.8, 4) is 0 Å². The van der Waals surface area contributed by atoms with Gasteiger partial charge in [-0.25, -0.2) is 0 Å². The van der Waals surface area contributed by atoms with Gasteiger partial charge in [-0.15, -0.1) is 11.8 Å². The lowest BCUT2D eigenvalue weighted by atomic mass is 10.1. The topological polar surface area (TPSA) is 55.4 Å². The van der Waals surface area contributed by atoms with E-state index in [9.17, 15) is 9.59 Å². The summed E-state index contributed by atoms with van der Waals surface area (Å²) in [7, 11) is 0. The smallest absolute Gasteiger partial charge is 0.317 e. The van der Waals surface area contributed by atoms with E-state index < -0.39 is 6.10 Å². The normalized spacial score (nSPS) is 13.7. The van der Waals surface area contributed by atoms with E-state index in [0.717, 1.165) is 29.7 Å². The van der Waals surface area contributed by atoms with Crippen LogP contribution in [0.15, 0.2) is 53.4 Å². The zero-order valence-corrected chi connectivity index (χ0v) is 16.4. The van der Waals surface area contributed by atoms with Crippen molar-refractivity contribution in [2.75, 3.05) is 12.3 Å². The van der Waals surface area contributed by atoms with Crippen LogP contribution in [0.25, 0.3) is 0 Å². The first-order chi connectivity index (χ1) is 13.1. The van der Waals surface area contributed by atoms with Crippen LogP contribution in [0.5, 0.6) is 0 Å². The number of thioether (sulfide) groups is 1. The van der Waals surface area contributed by atoms with Crippen molar-refractivity contribution in [2.24, 2.45) is 0 Å². The first-order valence-corrected chi connectivity index (χ1v) is 10.4. The number of rotatable bonds is 8. The molecule has 3 rings (SSSR count). The van der Waals surface area contributed by atoms with Gasteiger partial charge in [-0.2, -0.15) is 0 Å². The van der Waals surface area contributed by atoms with Crippen molar-refractivity contribution in [2.45, 2.75) is 43.6 Å². The van der Waals surface area contributed by atoms with Crippen LogP contribution in [0.4, 0.5) is 0 Å². The lowest BCUT2D eigenvalue weighted by molar-refractivity contribution is -0.152. The fourth-order valence-corrected chi connectivity index (χ4v) is 3.93. The van der Waals surface area contributed by atoms with Crippen LogP contribution in [-0.4, -0.2) is 30.3 Å². The second-order valence-electron chi connectivity index (χ2n) is 6.73. The molecule has 142 valence electrons. The predicted octanol–water partition coefficient (Wildman–Crippen LogP) is 3.56. The number of fused-ring (bicyclic) bond motifs is 1. The van der Waals surface area contributed by atoms with E-state index in [0.29, 0.717) is 6.54 Å². The highest BCUT2D eigenvalue weighted by molar-refractivity contribution is 8.00. The molecule has 0 fully saturated rings. The van der Waals surface area contributed by atoms with Crippen LogP contribution in [0, 0.1) is 0 Å². The molecule has 5 heteroatoms. The molecule has 0 heterocycles. The van der Waals surface area contributed by atoms with E-state index in [4.69, 9.17) is 4.74 Å². The fraction of sp³-hybridized carbons (Fsp3) is 0.364. The Kier molecular flexibility index (Phi) is 6.93. The average Bonchev–Trinajstić information content (AvgIpc) is 3.15. The van der Waals surface area contributed by atoms with Gasteiger partial charge in [-0.05, 0) is 61.4 Å². The van der Waals surface area contributed by atoms with Gasteiger partial charge in [0, 0.05) is 11.4 Å². The highest BCUT2D eigenvalue weighted by Crippen LogP contribution is 2.27. The maximum Gasteiger partial charge on any atom is 0.317 e. The molecule has 1 N–H and O–H groups in total. The first-order valence-electron chi connectivity index (χ1n) is 9.37. The summed E-state index contributed by atoms with van der Waals surface area (Å²) in [6.45, 7) is 2.13. The Morgan fingerprint density at radius 3 is 2.70 bits per heavy atom. The van der Waals surface area contributed by atoms with Gasteiger partial charge < -0.3 is 10.1 Å². The van der Waals surface area contributed by atoms with Gasteiger partial charge in [-0.1, -0.05) is 36.4 Å². The molecule has 0 saturated heterocycles. The number of hydrogen-bond acceptors (Lipinski definition) is 4. The third kappa shape index (κ3) is 5.86. The van der Waals surface area contributed by atoms with Crippen molar-refractivity contribution in [1.29, 1.82) is 0 Å². The number of carbonyl (C=O) groups is 2. The molecule has 2 aromatic carbocycles. The summed E-state index contributed by atoms with van der Waals surface area (Å²) in [5.41, 5.74) is 3.97. The number of esters is 1. The number of hydrogen-bond donors (Lipinski definition) is 1. The Balaban J connectivity index is 1.37. The van der Waals surface area contributed by atoms with E-state index in [1.165, 1.54) is 29.3 Å². The number of nitrogens with one attached hydrogen (secondary N) is 1. The van der Waals surface area contributed by atoms with E-state index in [2.05, 4.69) is 23.5 Å². The van der Waals surface area contributed by atoms with Crippen LogP contribution in [0.1, 0.15) is 30.0 Å². The lowest BCUT2D eigenvalue weighted by Crippen LogP contribution is -2.37. The lowest BCUT2D eigenvalue weighted by Gasteiger charge is -2.13. The minimum atomic E-state index is -0.783. The van der Waals surface area contributed by atoms with E-state index >= 15 is 0 Å². The highest BCUT2D eigenvalue weighted by Gasteiger charge is 2.18. The molecule has 0 unspecified atom stereocenters. The number of carbonyl (C=O) groups excluding carboxylic acids is 2. The molecule has 1 amide bonds. The predicted molar refractivity (Wildman–Crippen MR) is 108 cm³/mol. The Labute approximate surface area is 164 Å². The van der Waals surface area contributed by atoms with Gasteiger partial charge >= 0.3 is 5.97 Å². The third-order valence-electron chi connectivity index (χ3n) is 4.66. The number of amides is 1. The fourth-order valence-electron chi connectivity index (χ4n) is 3.18. The zero-order valence-electron chi connectivity index (χ0n) is 15.6. The first kappa shape index (κ1) is 19.5. The minimum Gasteiger partial charge on any atom is -0.452 e. The van der Waals surface area contributed by atoms with E-state index in [1.54, 1.807) is 6.92 Å². The van der Waals surface area contributed by atoms with Crippen molar-refractivity contribution >= 4 is 23.6 Å². The van der Waals surface area contributed by atoms with Crippen LogP contribution < -0.4 is 5.32 Å². The Morgan fingerprint density at radius 1 is 1.11 bits per heavy atom. The molecule has 0 spiro atoms. The van der Waals surface area contributed by atoms with Crippen molar-refractivity contribution in [3.05, 3.63) is 65.2 Å². The Hall–Kier alpha value is -2.27. The maximum atomic E-state index is 12.1. The van der Waals surface area contributed by atoms with Gasteiger partial charge in [0.05, 0.1) is 5.75 Å². The highest BCUT2D eigenvalue weighted by atomic mass is 32.2. The number of benzene rings is 2. The monoisotopic (exact) mass is 383 g/mol. The molecule has 0 bridgehead atoms. The van der Waals surface area contributed by atoms with Gasteiger partial charge in [0.2, 0.25) is 0 Å². The standard InChI is InChI=1S/C22H25NO3S/c1-16(22(25)23-13-12-17-6-3-2-4-7-17)26-21(24)15-27-20-11-10-18-8-5-9-19(18)14-20/h2-4,6-7,10-11,14,16H,5,8-9,12-13,15H2,1H3,(H,23,25)/t16-/m1/s1. The van der Waals surface area contributed by atoms with Gasteiger partial charge in [0.15, 0.2) is 6.10 Å². The second-order valence-corrected chi connectivity index (χ2v) is 7.78. The molecular formula is C22H25NO3S. The summed E-state index contributed by atoms with van der Waals surface area (Å²) in [6.07, 6.45) is 3.45. The summed E-state index contributed by atoms with van der Waals surface area (Å²) in [6, 6.07) is 16.3. The molecule has 1 atom stereocenters. The third-order valence-corrected chi connectivity index (χ3v) is 5.63. The largest absolute Gasteiger partial charge is 0.452 e. The van der Waals surface area contributed by atoms with Gasteiger partial charge in [0.25, 0.3) is 5.91 Å². The molecule has 4 nitrogen and oxygen atoms in total. The second kappa shape index (κ2) is 9.60. The van der Waals surface area contributed by atoms with E-state index in [1.807, 2.05) is 30.3 Å². The van der Waals surface area contributed by atoms with E-state index in [-0.39, 0.29) is 17.6 Å². The SMILES string of the molecule is C[C@@H](OC(=O)CSc1ccc2c(c1)CCC2)C(=O)NCCc1ccccc1. The van der Waals surface area contributed by atoms with Gasteiger partial charge in [0.1, 0.15) is 0 Å². The quantitative estimate of drug-likeness (QED) is 0.559. The number of ether oxygens (including phenoxy) is 1. The number of aryl methyl sites for hydroxylation is 2. The summed E-state index contributed by atoms with van der Waals surface area (Å²) < 4.78 is 5.26. The summed E-state index contributed by atoms with van der Waals surface area (Å²) in [5.74, 6) is -0.423. The Morgan fingerprint density at radius 2 is 1.89 bits per heavy atom. The molecule has 2 aromatic rings. The van der Waals surface area contributed by atoms with Crippen LogP contribution in [0.3, 0.4) is 0 Å². The molecule has 0 saturated carbocycles. The Bertz CT molecular complexity index is 791. The molecule has 1 aliphatic rings. The maximum absolute atomic E-state index is 12.1. The molecule has 0 aliphatic heterocycles. The average molecular weight is 384 g/mol. The molecule has 27 heavy (non-hydrogen) atoms. The van der Waals surface area contributed by atoms with Crippen LogP contribution in [-0.2, 0) is 33.6 Å².